The first-order valence-electron chi connectivity index (χ1n) is 13.5. The number of piperidine rings is 1. The van der Waals surface area contributed by atoms with E-state index in [1.54, 1.807) is 14.2 Å². The third-order valence-corrected chi connectivity index (χ3v) is 9.19. The van der Waals surface area contributed by atoms with Gasteiger partial charge in [-0.2, -0.15) is 0 Å². The zero-order chi connectivity index (χ0) is 25.6. The van der Waals surface area contributed by atoms with Gasteiger partial charge >= 0.3 is 0 Å². The Morgan fingerprint density at radius 1 is 1.05 bits per heavy atom. The fourth-order valence-corrected chi connectivity index (χ4v) is 6.90. The molecule has 3 aromatic rings. The Kier molecular flexibility index (Phi) is 6.25. The Hall–Kier alpha value is -2.87. The van der Waals surface area contributed by atoms with Crippen LogP contribution in [0, 0.1) is 5.92 Å². The summed E-state index contributed by atoms with van der Waals surface area (Å²) < 4.78 is 10.9. The number of ketones is 1. The summed E-state index contributed by atoms with van der Waals surface area (Å²) in [5, 5.41) is 15.9. The van der Waals surface area contributed by atoms with E-state index in [-0.39, 0.29) is 23.7 Å². The van der Waals surface area contributed by atoms with Crippen molar-refractivity contribution in [3.63, 3.8) is 0 Å². The van der Waals surface area contributed by atoms with Gasteiger partial charge < -0.3 is 24.9 Å². The van der Waals surface area contributed by atoms with Gasteiger partial charge in [-0.25, -0.2) is 0 Å². The molecule has 3 aliphatic rings. The summed E-state index contributed by atoms with van der Waals surface area (Å²) >= 11 is 0. The van der Waals surface area contributed by atoms with Crippen LogP contribution in [-0.4, -0.2) is 61.2 Å². The average Bonchev–Trinajstić information content (AvgIpc) is 3.29. The van der Waals surface area contributed by atoms with Crippen molar-refractivity contribution in [1.82, 2.24) is 15.2 Å². The minimum atomic E-state index is -1.11. The minimum absolute atomic E-state index is 0.0126. The Labute approximate surface area is 218 Å². The lowest BCUT2D eigenvalue weighted by Gasteiger charge is -2.54. The number of fused-ring (bicyclic) bond motifs is 4. The third-order valence-electron chi connectivity index (χ3n) is 9.19. The van der Waals surface area contributed by atoms with Crippen LogP contribution in [0.2, 0.25) is 0 Å². The molecule has 1 saturated heterocycles. The molecule has 3 heterocycles. The van der Waals surface area contributed by atoms with Gasteiger partial charge in [0.2, 0.25) is 0 Å². The molecule has 0 amide bonds. The number of nitrogens with one attached hydrogen (secondary N) is 2. The normalized spacial score (nSPS) is 23.5. The number of carbonyl (C=O) groups excluding carboxylic acids is 1. The smallest absolute Gasteiger partial charge is 0.164 e. The van der Waals surface area contributed by atoms with Crippen molar-refractivity contribution in [3.05, 3.63) is 59.3 Å². The summed E-state index contributed by atoms with van der Waals surface area (Å²) in [6.45, 7) is 2.93. The number of carbonyl (C=O) groups is 1. The number of benzene rings is 2. The Balaban J connectivity index is 1.56. The highest BCUT2D eigenvalue weighted by Crippen LogP contribution is 2.52. The number of aliphatic hydroxyl groups excluding tert-OH is 1. The number of nitrogens with zero attached hydrogens (tertiary/aromatic N) is 1. The van der Waals surface area contributed by atoms with Gasteiger partial charge in [0.1, 0.15) is 17.0 Å². The molecule has 2 fully saturated rings. The van der Waals surface area contributed by atoms with Crippen molar-refractivity contribution >= 4 is 16.7 Å². The number of hydrogen-bond donors (Lipinski definition) is 3. The molecule has 1 aliphatic carbocycles. The average molecular weight is 504 g/mol. The van der Waals surface area contributed by atoms with E-state index < -0.39 is 5.54 Å². The van der Waals surface area contributed by atoms with E-state index in [0.717, 1.165) is 85.4 Å². The van der Waals surface area contributed by atoms with Gasteiger partial charge in [0.25, 0.3) is 0 Å². The van der Waals surface area contributed by atoms with Crippen molar-refractivity contribution in [2.24, 2.45) is 5.92 Å². The predicted molar refractivity (Wildman–Crippen MR) is 143 cm³/mol. The first-order chi connectivity index (χ1) is 18.0. The molecule has 1 spiro atoms. The van der Waals surface area contributed by atoms with E-state index in [1.165, 1.54) is 5.56 Å². The Bertz CT molecular complexity index is 1290. The van der Waals surface area contributed by atoms with Crippen LogP contribution in [0.3, 0.4) is 0 Å². The van der Waals surface area contributed by atoms with E-state index in [1.807, 2.05) is 24.3 Å². The molecule has 2 aromatic carbocycles. The van der Waals surface area contributed by atoms with Crippen molar-refractivity contribution < 1.29 is 19.4 Å². The van der Waals surface area contributed by atoms with Crippen LogP contribution in [-0.2, 0) is 22.3 Å². The Morgan fingerprint density at radius 3 is 2.38 bits per heavy atom. The summed E-state index contributed by atoms with van der Waals surface area (Å²) in [6, 6.07) is 14.2. The lowest BCUT2D eigenvalue weighted by Crippen LogP contribution is -2.65. The largest absolute Gasteiger partial charge is 0.497 e. The van der Waals surface area contributed by atoms with Crippen LogP contribution in [0.4, 0.5) is 0 Å². The highest BCUT2D eigenvalue weighted by Gasteiger charge is 2.58. The van der Waals surface area contributed by atoms with Gasteiger partial charge in [0.15, 0.2) is 5.78 Å². The van der Waals surface area contributed by atoms with Crippen LogP contribution in [0.5, 0.6) is 11.5 Å². The molecule has 196 valence electrons. The highest BCUT2D eigenvalue weighted by molar-refractivity contribution is 5.97. The number of methoxy groups -OCH3 is 2. The molecule has 1 aromatic heterocycles. The second-order valence-corrected chi connectivity index (χ2v) is 11.0. The molecule has 37 heavy (non-hydrogen) atoms. The molecule has 1 unspecified atom stereocenters. The van der Waals surface area contributed by atoms with E-state index in [4.69, 9.17) is 9.47 Å². The second-order valence-electron chi connectivity index (χ2n) is 11.0. The standard InChI is InChI=1S/C30H37N3O4/c1-36-22-8-6-20(7-9-22)17-33-18-29(12-14-31-15-13-29)26-24-11-10-23(37-2)16-25(24)32-27(26)30(33,19-34)28(35)21-4-3-5-21/h6-11,16,21,31-32,34H,3-5,12-15,17-19H2,1-2H3. The van der Waals surface area contributed by atoms with Gasteiger partial charge in [-0.05, 0) is 74.2 Å². The number of H-pyrrole nitrogens is 1. The van der Waals surface area contributed by atoms with Crippen molar-refractivity contribution in [2.75, 3.05) is 40.5 Å². The molecule has 0 bridgehead atoms. The monoisotopic (exact) mass is 503 g/mol. The quantitative estimate of drug-likeness (QED) is 0.454. The van der Waals surface area contributed by atoms with Crippen molar-refractivity contribution in [3.8, 4) is 11.5 Å². The number of aromatic amines is 1. The van der Waals surface area contributed by atoms with Gasteiger partial charge in [-0.3, -0.25) is 9.69 Å². The molecule has 7 nitrogen and oxygen atoms in total. The number of hydrogen-bond acceptors (Lipinski definition) is 6. The molecule has 2 aliphatic heterocycles. The van der Waals surface area contributed by atoms with Gasteiger partial charge in [-0.15, -0.1) is 0 Å². The molecular formula is C30H37N3O4. The van der Waals surface area contributed by atoms with Crippen LogP contribution in [0.25, 0.3) is 10.9 Å². The Morgan fingerprint density at radius 2 is 1.76 bits per heavy atom. The van der Waals surface area contributed by atoms with Crippen molar-refractivity contribution in [1.29, 1.82) is 0 Å². The summed E-state index contributed by atoms with van der Waals surface area (Å²) in [6.07, 6.45) is 4.84. The molecule has 6 rings (SSSR count). The molecule has 3 N–H and O–H groups in total. The summed E-state index contributed by atoms with van der Waals surface area (Å²) in [7, 11) is 3.34. The maximum Gasteiger partial charge on any atom is 0.164 e. The van der Waals surface area contributed by atoms with Gasteiger partial charge in [0.05, 0.1) is 26.5 Å². The van der Waals surface area contributed by atoms with E-state index >= 15 is 0 Å². The fraction of sp³-hybridized carbons (Fsp3) is 0.500. The topological polar surface area (TPSA) is 86.8 Å². The maximum atomic E-state index is 14.4. The molecule has 0 radical (unpaired) electrons. The fourth-order valence-electron chi connectivity index (χ4n) is 6.90. The third kappa shape index (κ3) is 3.78. The SMILES string of the molecule is COc1ccc(CN2CC3(CCNCC3)c3c([nH]c4cc(OC)ccc34)C2(CO)C(=O)C2CCC2)cc1. The summed E-state index contributed by atoms with van der Waals surface area (Å²) in [4.78, 5) is 20.4. The van der Waals surface area contributed by atoms with Crippen LogP contribution < -0.4 is 14.8 Å². The number of rotatable bonds is 7. The lowest BCUT2D eigenvalue weighted by atomic mass is 9.63. The van der Waals surface area contributed by atoms with Crippen molar-refractivity contribution in [2.45, 2.75) is 49.6 Å². The lowest BCUT2D eigenvalue weighted by molar-refractivity contribution is -0.146. The van der Waals surface area contributed by atoms with Crippen LogP contribution in [0.1, 0.15) is 48.9 Å². The number of aromatic nitrogens is 1. The first kappa shape index (κ1) is 24.5. The van der Waals surface area contributed by atoms with Gasteiger partial charge in [0, 0.05) is 41.4 Å². The maximum absolute atomic E-state index is 14.4. The summed E-state index contributed by atoms with van der Waals surface area (Å²) in [5.74, 6) is 1.73. The number of ether oxygens (including phenoxy) is 2. The molecule has 1 atom stereocenters. The van der Waals surface area contributed by atoms with Crippen LogP contribution in [0.15, 0.2) is 42.5 Å². The molecular weight excluding hydrogens is 466 g/mol. The zero-order valence-electron chi connectivity index (χ0n) is 21.8. The van der Waals surface area contributed by atoms with Crippen LogP contribution >= 0.6 is 0 Å². The first-order valence-corrected chi connectivity index (χ1v) is 13.5. The highest BCUT2D eigenvalue weighted by atomic mass is 16.5. The molecule has 7 heteroatoms. The van der Waals surface area contributed by atoms with Gasteiger partial charge in [-0.1, -0.05) is 18.6 Å². The number of Topliss-reactive ketones (excluding diaryl/α,β-unsaturated/α-hetero) is 1. The zero-order valence-corrected chi connectivity index (χ0v) is 21.8. The summed E-state index contributed by atoms with van der Waals surface area (Å²) in [5.41, 5.74) is 2.95. The minimum Gasteiger partial charge on any atom is -0.497 e. The predicted octanol–water partition coefficient (Wildman–Crippen LogP) is 3.88. The number of aliphatic hydroxyl groups is 1. The molecule has 1 saturated carbocycles. The van der Waals surface area contributed by atoms with E-state index in [2.05, 4.69) is 33.4 Å². The van der Waals surface area contributed by atoms with E-state index in [9.17, 15) is 9.90 Å². The second kappa shape index (κ2) is 9.46. The van der Waals surface area contributed by atoms with E-state index in [0.29, 0.717) is 6.54 Å².